The maximum Gasteiger partial charge on any atom is 0.159 e. The smallest absolute Gasteiger partial charge is 0.159 e. The Morgan fingerprint density at radius 2 is 2.00 bits per heavy atom. The van der Waals surface area contributed by atoms with Crippen LogP contribution in [0.25, 0.3) is 0 Å². The van der Waals surface area contributed by atoms with Crippen LogP contribution in [-0.4, -0.2) is 28.2 Å². The fourth-order valence-corrected chi connectivity index (χ4v) is 3.87. The van der Waals surface area contributed by atoms with Crippen molar-refractivity contribution in [1.82, 2.24) is 0 Å². The summed E-state index contributed by atoms with van der Waals surface area (Å²) >= 11 is 0. The minimum Gasteiger partial charge on any atom is -0.393 e. The topological polar surface area (TPSA) is 57.5 Å². The van der Waals surface area contributed by atoms with Crippen molar-refractivity contribution in [3.63, 3.8) is 0 Å². The van der Waals surface area contributed by atoms with Crippen LogP contribution in [0.5, 0.6) is 0 Å². The van der Waals surface area contributed by atoms with Crippen LogP contribution < -0.4 is 0 Å². The van der Waals surface area contributed by atoms with Gasteiger partial charge in [-0.3, -0.25) is 4.79 Å². The first-order valence-corrected chi connectivity index (χ1v) is 6.88. The number of Topliss-reactive ketones (excluding diaryl/α,β-unsaturated/α-hetero) is 1. The first-order chi connectivity index (χ1) is 8.29. The average molecular weight is 252 g/mol. The SMILES string of the molecule is CC1=C[C@@]2(CC1=O)[C@H](C)C[C@H](O)[C@@H](C(C)C)[C@H]2O. The Morgan fingerprint density at radius 3 is 2.44 bits per heavy atom. The van der Waals surface area contributed by atoms with Gasteiger partial charge in [-0.05, 0) is 30.8 Å². The molecule has 0 unspecified atom stereocenters. The normalized spacial score (nSPS) is 44.8. The van der Waals surface area contributed by atoms with Gasteiger partial charge in [-0.25, -0.2) is 0 Å². The monoisotopic (exact) mass is 252 g/mol. The van der Waals surface area contributed by atoms with Crippen molar-refractivity contribution < 1.29 is 15.0 Å². The van der Waals surface area contributed by atoms with Crippen LogP contribution in [0, 0.1) is 23.2 Å². The summed E-state index contributed by atoms with van der Waals surface area (Å²) in [5.74, 6) is 0.346. The van der Waals surface area contributed by atoms with Gasteiger partial charge in [0.25, 0.3) is 0 Å². The second-order valence-electron chi connectivity index (χ2n) is 6.51. The number of hydrogen-bond acceptors (Lipinski definition) is 3. The summed E-state index contributed by atoms with van der Waals surface area (Å²) in [4.78, 5) is 11.9. The number of ketones is 1. The first-order valence-electron chi connectivity index (χ1n) is 6.88. The fraction of sp³-hybridized carbons (Fsp3) is 0.800. The van der Waals surface area contributed by atoms with Gasteiger partial charge in [0.2, 0.25) is 0 Å². The molecule has 2 N–H and O–H groups in total. The summed E-state index contributed by atoms with van der Waals surface area (Å²) < 4.78 is 0. The van der Waals surface area contributed by atoms with Gasteiger partial charge in [-0.1, -0.05) is 26.8 Å². The van der Waals surface area contributed by atoms with Crippen LogP contribution in [0.3, 0.4) is 0 Å². The zero-order valence-corrected chi connectivity index (χ0v) is 11.7. The van der Waals surface area contributed by atoms with Crippen LogP contribution in [0.2, 0.25) is 0 Å². The molecule has 5 atom stereocenters. The van der Waals surface area contributed by atoms with Crippen molar-refractivity contribution in [1.29, 1.82) is 0 Å². The van der Waals surface area contributed by atoms with Crippen LogP contribution in [0.1, 0.15) is 40.5 Å². The molecule has 0 radical (unpaired) electrons. The summed E-state index contributed by atoms with van der Waals surface area (Å²) in [6.07, 6.45) is 1.93. The molecular formula is C15H24O3. The average Bonchev–Trinajstić information content (AvgIpc) is 2.54. The van der Waals surface area contributed by atoms with Crippen molar-refractivity contribution in [2.45, 2.75) is 52.7 Å². The van der Waals surface area contributed by atoms with Gasteiger partial charge in [-0.15, -0.1) is 0 Å². The minimum absolute atomic E-state index is 0.138. The molecule has 2 rings (SSSR count). The van der Waals surface area contributed by atoms with Crippen LogP contribution in [0.4, 0.5) is 0 Å². The van der Waals surface area contributed by atoms with E-state index in [1.54, 1.807) is 0 Å². The van der Waals surface area contributed by atoms with E-state index < -0.39 is 17.6 Å². The highest BCUT2D eigenvalue weighted by Gasteiger charge is 2.54. The number of hydrogen-bond donors (Lipinski definition) is 2. The Labute approximate surface area is 109 Å². The highest BCUT2D eigenvalue weighted by atomic mass is 16.3. The van der Waals surface area contributed by atoms with E-state index in [0.717, 1.165) is 5.57 Å². The Hall–Kier alpha value is -0.670. The molecule has 0 aromatic carbocycles. The van der Waals surface area contributed by atoms with E-state index in [2.05, 4.69) is 0 Å². The van der Waals surface area contributed by atoms with Gasteiger partial charge < -0.3 is 10.2 Å². The Bertz CT molecular complexity index is 385. The molecule has 1 spiro atoms. The van der Waals surface area contributed by atoms with Crippen molar-refractivity contribution in [2.75, 3.05) is 0 Å². The van der Waals surface area contributed by atoms with Crippen LogP contribution in [0.15, 0.2) is 11.6 Å². The Morgan fingerprint density at radius 1 is 1.39 bits per heavy atom. The zero-order chi connectivity index (χ0) is 13.7. The van der Waals surface area contributed by atoms with Gasteiger partial charge in [-0.2, -0.15) is 0 Å². The lowest BCUT2D eigenvalue weighted by Gasteiger charge is -2.50. The number of rotatable bonds is 1. The summed E-state index contributed by atoms with van der Waals surface area (Å²) in [5.41, 5.74) is 0.315. The molecule has 2 aliphatic rings. The number of aliphatic hydroxyl groups is 2. The molecule has 0 saturated heterocycles. The lowest BCUT2D eigenvalue weighted by molar-refractivity contribution is -0.138. The van der Waals surface area contributed by atoms with E-state index in [1.807, 2.05) is 33.8 Å². The molecule has 0 aliphatic heterocycles. The molecule has 1 saturated carbocycles. The highest BCUT2D eigenvalue weighted by Crippen LogP contribution is 2.52. The Kier molecular flexibility index (Phi) is 3.41. The van der Waals surface area contributed by atoms with Gasteiger partial charge >= 0.3 is 0 Å². The molecule has 0 aromatic heterocycles. The number of carbonyl (C=O) groups excluding carboxylic acids is 1. The molecule has 3 nitrogen and oxygen atoms in total. The third-order valence-corrected chi connectivity index (χ3v) is 5.03. The first kappa shape index (κ1) is 13.8. The predicted molar refractivity (Wildman–Crippen MR) is 69.9 cm³/mol. The third kappa shape index (κ3) is 1.84. The summed E-state index contributed by atoms with van der Waals surface area (Å²) in [7, 11) is 0. The standard InChI is InChI=1S/C15H24O3/c1-8(2)13-11(16)5-10(4)15(14(13)18)6-9(3)12(17)7-15/h6,8,10-11,13-14,16,18H,5,7H2,1-4H3/t10-,11+,13-,14-,15-/m1/s1. The minimum atomic E-state index is -0.627. The molecular weight excluding hydrogens is 228 g/mol. The molecule has 0 heterocycles. The van der Waals surface area contributed by atoms with Crippen molar-refractivity contribution >= 4 is 5.78 Å². The van der Waals surface area contributed by atoms with Crippen molar-refractivity contribution in [3.05, 3.63) is 11.6 Å². The van der Waals surface area contributed by atoms with Crippen LogP contribution >= 0.6 is 0 Å². The van der Waals surface area contributed by atoms with E-state index in [1.165, 1.54) is 0 Å². The van der Waals surface area contributed by atoms with E-state index in [4.69, 9.17) is 0 Å². The molecule has 102 valence electrons. The molecule has 3 heteroatoms. The maximum absolute atomic E-state index is 11.9. The van der Waals surface area contributed by atoms with E-state index in [9.17, 15) is 15.0 Å². The lowest BCUT2D eigenvalue weighted by Crippen LogP contribution is -2.54. The second kappa shape index (κ2) is 4.46. The number of allylic oxidation sites excluding steroid dienone is 1. The van der Waals surface area contributed by atoms with Gasteiger partial charge in [0.05, 0.1) is 12.2 Å². The number of aliphatic hydroxyl groups excluding tert-OH is 2. The Balaban J connectivity index is 2.39. The quantitative estimate of drug-likeness (QED) is 0.749. The summed E-state index contributed by atoms with van der Waals surface area (Å²) in [5, 5.41) is 20.9. The molecule has 1 fully saturated rings. The molecule has 0 amide bonds. The second-order valence-corrected chi connectivity index (χ2v) is 6.51. The van der Waals surface area contributed by atoms with Crippen molar-refractivity contribution in [3.8, 4) is 0 Å². The fourth-order valence-electron chi connectivity index (χ4n) is 3.87. The summed E-state index contributed by atoms with van der Waals surface area (Å²) in [6.45, 7) is 7.90. The molecule has 18 heavy (non-hydrogen) atoms. The predicted octanol–water partition coefficient (Wildman–Crippen LogP) is 1.93. The summed E-state index contributed by atoms with van der Waals surface area (Å²) in [6, 6.07) is 0. The van der Waals surface area contributed by atoms with Crippen molar-refractivity contribution in [2.24, 2.45) is 23.2 Å². The van der Waals surface area contributed by atoms with Gasteiger partial charge in [0.15, 0.2) is 5.78 Å². The maximum atomic E-state index is 11.9. The lowest BCUT2D eigenvalue weighted by atomic mass is 9.58. The van der Waals surface area contributed by atoms with E-state index in [0.29, 0.717) is 12.8 Å². The van der Waals surface area contributed by atoms with E-state index in [-0.39, 0.29) is 23.5 Å². The number of carbonyl (C=O) groups is 1. The third-order valence-electron chi connectivity index (χ3n) is 5.03. The van der Waals surface area contributed by atoms with Crippen LogP contribution in [-0.2, 0) is 4.79 Å². The van der Waals surface area contributed by atoms with Gasteiger partial charge in [0.1, 0.15) is 0 Å². The molecule has 2 aliphatic carbocycles. The molecule has 0 aromatic rings. The molecule has 0 bridgehead atoms. The van der Waals surface area contributed by atoms with Gasteiger partial charge in [0, 0.05) is 17.8 Å². The van der Waals surface area contributed by atoms with E-state index >= 15 is 0 Å². The highest BCUT2D eigenvalue weighted by molar-refractivity contribution is 5.98. The largest absolute Gasteiger partial charge is 0.393 e. The zero-order valence-electron chi connectivity index (χ0n) is 11.7.